The van der Waals surface area contributed by atoms with Crippen LogP contribution in [0.5, 0.6) is 0 Å². The van der Waals surface area contributed by atoms with E-state index in [1.807, 2.05) is 32.3 Å². The molecule has 0 aliphatic carbocycles. The number of hydrogen-bond donors (Lipinski definition) is 2. The van der Waals surface area contributed by atoms with Gasteiger partial charge >= 0.3 is 0 Å². The average Bonchev–Trinajstić information content (AvgIpc) is 3.12. The Kier molecular flexibility index (Phi) is 4.23. The van der Waals surface area contributed by atoms with Gasteiger partial charge in [-0.05, 0) is 35.9 Å². The van der Waals surface area contributed by atoms with Crippen LogP contribution in [0.25, 0.3) is 22.4 Å². The third-order valence-corrected chi connectivity index (χ3v) is 4.27. The second-order valence-electron chi connectivity index (χ2n) is 6.29. The fourth-order valence-electron chi connectivity index (χ4n) is 2.81. The fraction of sp³-hybridized carbons (Fsp3) is 0.150. The standard InChI is InChI=1S/C20H20N6/c1-26(2)16-5-3-14(4-6-16)13-23-20-18-17(9-12-22-20)24-19(25-18)15-7-10-21-11-8-15/h3-12H,13H2,1-2H3,(H,22,23)(H,24,25). The van der Waals surface area contributed by atoms with Crippen LogP contribution in [-0.4, -0.2) is 34.0 Å². The van der Waals surface area contributed by atoms with Gasteiger partial charge in [-0.3, -0.25) is 4.98 Å². The van der Waals surface area contributed by atoms with E-state index in [2.05, 4.69) is 49.4 Å². The van der Waals surface area contributed by atoms with Crippen LogP contribution in [0, 0.1) is 0 Å². The van der Waals surface area contributed by atoms with E-state index in [4.69, 9.17) is 4.98 Å². The molecule has 4 aromatic rings. The van der Waals surface area contributed by atoms with Gasteiger partial charge in [-0.15, -0.1) is 0 Å². The Morgan fingerprint density at radius 1 is 0.962 bits per heavy atom. The van der Waals surface area contributed by atoms with Gasteiger partial charge in [0, 0.05) is 50.5 Å². The lowest BCUT2D eigenvalue weighted by molar-refractivity contribution is 1.10. The van der Waals surface area contributed by atoms with Crippen molar-refractivity contribution in [2.45, 2.75) is 6.54 Å². The Balaban J connectivity index is 1.57. The molecule has 0 spiro atoms. The van der Waals surface area contributed by atoms with Crippen molar-refractivity contribution in [2.24, 2.45) is 0 Å². The number of imidazole rings is 1. The molecule has 0 aliphatic rings. The smallest absolute Gasteiger partial charge is 0.154 e. The van der Waals surface area contributed by atoms with Gasteiger partial charge in [0.25, 0.3) is 0 Å². The number of anilines is 2. The van der Waals surface area contributed by atoms with Crippen LogP contribution in [-0.2, 0) is 6.54 Å². The van der Waals surface area contributed by atoms with E-state index in [9.17, 15) is 0 Å². The van der Waals surface area contributed by atoms with Crippen LogP contribution in [0.3, 0.4) is 0 Å². The lowest BCUT2D eigenvalue weighted by Gasteiger charge is -2.13. The number of fused-ring (bicyclic) bond motifs is 1. The minimum Gasteiger partial charge on any atom is -0.378 e. The number of aromatic amines is 1. The lowest BCUT2D eigenvalue weighted by Crippen LogP contribution is -2.08. The maximum atomic E-state index is 4.72. The van der Waals surface area contributed by atoms with Crippen molar-refractivity contribution in [3.8, 4) is 11.4 Å². The number of aromatic nitrogens is 4. The van der Waals surface area contributed by atoms with Crippen molar-refractivity contribution in [3.05, 3.63) is 66.6 Å². The first-order valence-electron chi connectivity index (χ1n) is 8.46. The van der Waals surface area contributed by atoms with Gasteiger partial charge < -0.3 is 15.2 Å². The Bertz CT molecular complexity index is 1010. The molecule has 2 N–H and O–H groups in total. The zero-order valence-corrected chi connectivity index (χ0v) is 14.8. The Morgan fingerprint density at radius 3 is 2.46 bits per heavy atom. The Labute approximate surface area is 151 Å². The van der Waals surface area contributed by atoms with E-state index < -0.39 is 0 Å². The molecule has 0 amide bonds. The molecule has 3 aromatic heterocycles. The third-order valence-electron chi connectivity index (χ3n) is 4.27. The average molecular weight is 344 g/mol. The summed E-state index contributed by atoms with van der Waals surface area (Å²) in [6.07, 6.45) is 5.31. The predicted molar refractivity (Wildman–Crippen MR) is 105 cm³/mol. The molecule has 0 radical (unpaired) electrons. The Hall–Kier alpha value is -3.41. The second kappa shape index (κ2) is 6.84. The predicted octanol–water partition coefficient (Wildman–Crippen LogP) is 3.70. The summed E-state index contributed by atoms with van der Waals surface area (Å²) in [5.41, 5.74) is 5.17. The molecule has 0 atom stereocenters. The molecule has 0 fully saturated rings. The monoisotopic (exact) mass is 344 g/mol. The topological polar surface area (TPSA) is 69.7 Å². The first-order chi connectivity index (χ1) is 12.7. The molecule has 4 rings (SSSR count). The maximum Gasteiger partial charge on any atom is 0.154 e. The summed E-state index contributed by atoms with van der Waals surface area (Å²) < 4.78 is 0. The third kappa shape index (κ3) is 3.21. The highest BCUT2D eigenvalue weighted by atomic mass is 15.1. The second-order valence-corrected chi connectivity index (χ2v) is 6.29. The largest absolute Gasteiger partial charge is 0.378 e. The summed E-state index contributed by atoms with van der Waals surface area (Å²) in [6, 6.07) is 14.3. The number of benzene rings is 1. The van der Waals surface area contributed by atoms with Crippen molar-refractivity contribution < 1.29 is 0 Å². The van der Waals surface area contributed by atoms with E-state index in [1.54, 1.807) is 18.6 Å². The number of hydrogen-bond acceptors (Lipinski definition) is 5. The molecule has 26 heavy (non-hydrogen) atoms. The number of nitrogens with zero attached hydrogens (tertiary/aromatic N) is 4. The van der Waals surface area contributed by atoms with E-state index in [0.717, 1.165) is 28.2 Å². The summed E-state index contributed by atoms with van der Waals surface area (Å²) in [5.74, 6) is 1.59. The quantitative estimate of drug-likeness (QED) is 0.578. The summed E-state index contributed by atoms with van der Waals surface area (Å²) in [6.45, 7) is 0.692. The molecule has 1 aromatic carbocycles. The highest BCUT2D eigenvalue weighted by molar-refractivity contribution is 5.88. The van der Waals surface area contributed by atoms with Crippen LogP contribution in [0.2, 0.25) is 0 Å². The molecule has 0 saturated carbocycles. The van der Waals surface area contributed by atoms with Gasteiger partial charge in [-0.25, -0.2) is 9.97 Å². The van der Waals surface area contributed by atoms with Gasteiger partial charge in [0.2, 0.25) is 0 Å². The van der Waals surface area contributed by atoms with Crippen LogP contribution in [0.1, 0.15) is 5.56 Å². The molecule has 0 aliphatic heterocycles. The minimum absolute atomic E-state index is 0.692. The van der Waals surface area contributed by atoms with Gasteiger partial charge in [0.15, 0.2) is 5.82 Å². The summed E-state index contributed by atoms with van der Waals surface area (Å²) in [4.78, 5) is 18.7. The van der Waals surface area contributed by atoms with Crippen molar-refractivity contribution in [1.29, 1.82) is 0 Å². The van der Waals surface area contributed by atoms with E-state index in [0.29, 0.717) is 6.54 Å². The van der Waals surface area contributed by atoms with E-state index in [1.165, 1.54) is 11.3 Å². The van der Waals surface area contributed by atoms with Crippen LogP contribution < -0.4 is 10.2 Å². The molecule has 130 valence electrons. The number of nitrogens with one attached hydrogen (secondary N) is 2. The van der Waals surface area contributed by atoms with Crippen molar-refractivity contribution >= 4 is 22.5 Å². The van der Waals surface area contributed by atoms with E-state index >= 15 is 0 Å². The molecule has 6 nitrogen and oxygen atoms in total. The van der Waals surface area contributed by atoms with Crippen molar-refractivity contribution in [1.82, 2.24) is 19.9 Å². The number of rotatable bonds is 5. The van der Waals surface area contributed by atoms with Crippen LogP contribution in [0.15, 0.2) is 61.1 Å². The number of pyridine rings is 2. The van der Waals surface area contributed by atoms with E-state index in [-0.39, 0.29) is 0 Å². The Morgan fingerprint density at radius 2 is 1.73 bits per heavy atom. The first kappa shape index (κ1) is 16.1. The normalized spacial score (nSPS) is 10.8. The zero-order chi connectivity index (χ0) is 17.9. The summed E-state index contributed by atoms with van der Waals surface area (Å²) in [5, 5.41) is 3.40. The molecular formula is C20H20N6. The highest BCUT2D eigenvalue weighted by Crippen LogP contribution is 2.24. The first-order valence-corrected chi connectivity index (χ1v) is 8.46. The number of H-pyrrole nitrogens is 1. The molecule has 6 heteroatoms. The zero-order valence-electron chi connectivity index (χ0n) is 14.8. The lowest BCUT2D eigenvalue weighted by atomic mass is 10.2. The van der Waals surface area contributed by atoms with Crippen molar-refractivity contribution in [3.63, 3.8) is 0 Å². The minimum atomic E-state index is 0.692. The molecule has 3 heterocycles. The molecule has 0 saturated heterocycles. The van der Waals surface area contributed by atoms with Crippen LogP contribution in [0.4, 0.5) is 11.5 Å². The highest BCUT2D eigenvalue weighted by Gasteiger charge is 2.10. The van der Waals surface area contributed by atoms with Gasteiger partial charge in [0.1, 0.15) is 11.3 Å². The summed E-state index contributed by atoms with van der Waals surface area (Å²) >= 11 is 0. The van der Waals surface area contributed by atoms with Gasteiger partial charge in [0.05, 0.1) is 5.52 Å². The molecule has 0 bridgehead atoms. The maximum absolute atomic E-state index is 4.72. The van der Waals surface area contributed by atoms with Gasteiger partial charge in [-0.1, -0.05) is 12.1 Å². The van der Waals surface area contributed by atoms with Gasteiger partial charge in [-0.2, -0.15) is 0 Å². The summed E-state index contributed by atoms with van der Waals surface area (Å²) in [7, 11) is 4.08. The molecule has 0 unspecified atom stereocenters. The van der Waals surface area contributed by atoms with Crippen LogP contribution >= 0.6 is 0 Å². The fourth-order valence-corrected chi connectivity index (χ4v) is 2.81. The molecular weight excluding hydrogens is 324 g/mol. The SMILES string of the molecule is CN(C)c1ccc(CNc2nccc3[nH]c(-c4ccncc4)nc23)cc1. The van der Waals surface area contributed by atoms with Crippen molar-refractivity contribution in [2.75, 3.05) is 24.3 Å².